The predicted octanol–water partition coefficient (Wildman–Crippen LogP) is 0.584. The van der Waals surface area contributed by atoms with Crippen molar-refractivity contribution in [3.63, 3.8) is 0 Å². The Morgan fingerprint density at radius 3 is 3.00 bits per heavy atom. The lowest BCUT2D eigenvalue weighted by Gasteiger charge is -2.32. The van der Waals surface area contributed by atoms with Crippen molar-refractivity contribution >= 4 is 5.96 Å². The fourth-order valence-electron chi connectivity index (χ4n) is 2.94. The lowest BCUT2D eigenvalue weighted by atomic mass is 9.98. The maximum atomic E-state index is 6.48. The molecule has 1 fully saturated rings. The third-order valence-corrected chi connectivity index (χ3v) is 4.15. The van der Waals surface area contributed by atoms with E-state index in [0.717, 1.165) is 30.6 Å². The Bertz CT molecular complexity index is 594. The SMILES string of the molecule is NCc1cccc(CC2(N)C=CNC(=NC[C@H]3CCCO3)N2)c1. The Hall–Kier alpha value is -1.89. The van der Waals surface area contributed by atoms with Gasteiger partial charge in [-0.2, -0.15) is 0 Å². The lowest BCUT2D eigenvalue weighted by molar-refractivity contribution is 0.117. The van der Waals surface area contributed by atoms with E-state index in [1.807, 2.05) is 24.4 Å². The fraction of sp³-hybridized carbons (Fsp3) is 0.471. The van der Waals surface area contributed by atoms with E-state index < -0.39 is 5.66 Å². The maximum absolute atomic E-state index is 6.48. The highest BCUT2D eigenvalue weighted by Gasteiger charge is 2.26. The van der Waals surface area contributed by atoms with E-state index in [-0.39, 0.29) is 6.10 Å². The first-order chi connectivity index (χ1) is 11.2. The van der Waals surface area contributed by atoms with Crippen LogP contribution in [0.4, 0.5) is 0 Å². The number of guanidine groups is 1. The molecule has 0 radical (unpaired) electrons. The summed E-state index contributed by atoms with van der Waals surface area (Å²) in [6, 6.07) is 8.19. The third-order valence-electron chi connectivity index (χ3n) is 4.15. The second kappa shape index (κ2) is 7.12. The third kappa shape index (κ3) is 4.31. The van der Waals surface area contributed by atoms with Crippen LogP contribution in [-0.2, 0) is 17.7 Å². The molecule has 6 heteroatoms. The van der Waals surface area contributed by atoms with E-state index in [1.54, 1.807) is 0 Å². The Morgan fingerprint density at radius 1 is 1.35 bits per heavy atom. The minimum Gasteiger partial charge on any atom is -0.376 e. The molecule has 2 aliphatic rings. The van der Waals surface area contributed by atoms with Crippen molar-refractivity contribution in [3.8, 4) is 0 Å². The van der Waals surface area contributed by atoms with Crippen molar-refractivity contribution < 1.29 is 4.74 Å². The predicted molar refractivity (Wildman–Crippen MR) is 91.6 cm³/mol. The molecule has 6 N–H and O–H groups in total. The Kier molecular flexibility index (Phi) is 4.95. The molecule has 0 aromatic heterocycles. The number of hydrogen-bond donors (Lipinski definition) is 4. The van der Waals surface area contributed by atoms with Gasteiger partial charge < -0.3 is 26.8 Å². The van der Waals surface area contributed by atoms with E-state index in [1.165, 1.54) is 0 Å². The van der Waals surface area contributed by atoms with Crippen molar-refractivity contribution in [2.45, 2.75) is 37.6 Å². The molecule has 0 saturated carbocycles. The highest BCUT2D eigenvalue weighted by molar-refractivity contribution is 5.83. The summed E-state index contributed by atoms with van der Waals surface area (Å²) in [6.45, 7) is 2.03. The number of aliphatic imine (C=N–C) groups is 1. The van der Waals surface area contributed by atoms with Gasteiger partial charge in [0.2, 0.25) is 0 Å². The quantitative estimate of drug-likeness (QED) is 0.637. The van der Waals surface area contributed by atoms with Gasteiger partial charge in [-0.25, -0.2) is 0 Å². The number of nitrogens with one attached hydrogen (secondary N) is 2. The van der Waals surface area contributed by atoms with Gasteiger partial charge in [0.15, 0.2) is 5.96 Å². The zero-order chi connectivity index (χ0) is 16.1. The zero-order valence-corrected chi connectivity index (χ0v) is 13.3. The molecular weight excluding hydrogens is 290 g/mol. The summed E-state index contributed by atoms with van der Waals surface area (Å²) in [4.78, 5) is 4.55. The molecule has 6 nitrogen and oxygen atoms in total. The van der Waals surface area contributed by atoms with Gasteiger partial charge in [-0.15, -0.1) is 0 Å². The van der Waals surface area contributed by atoms with Gasteiger partial charge in [0, 0.05) is 25.8 Å². The topological polar surface area (TPSA) is 97.7 Å². The number of nitrogens with zero attached hydrogens (tertiary/aromatic N) is 1. The number of rotatable bonds is 5. The van der Waals surface area contributed by atoms with E-state index in [0.29, 0.717) is 25.5 Å². The summed E-state index contributed by atoms with van der Waals surface area (Å²) < 4.78 is 5.59. The van der Waals surface area contributed by atoms with Gasteiger partial charge in [-0.1, -0.05) is 24.3 Å². The first-order valence-electron chi connectivity index (χ1n) is 8.12. The first-order valence-corrected chi connectivity index (χ1v) is 8.12. The van der Waals surface area contributed by atoms with Gasteiger partial charge >= 0.3 is 0 Å². The second-order valence-corrected chi connectivity index (χ2v) is 6.17. The van der Waals surface area contributed by atoms with Crippen molar-refractivity contribution in [3.05, 3.63) is 47.7 Å². The first kappa shape index (κ1) is 16.0. The van der Waals surface area contributed by atoms with Crippen LogP contribution in [0.15, 0.2) is 41.5 Å². The van der Waals surface area contributed by atoms with Crippen molar-refractivity contribution in [1.82, 2.24) is 10.6 Å². The number of nitrogens with two attached hydrogens (primary N) is 2. The molecule has 2 atom stereocenters. The van der Waals surface area contributed by atoms with Gasteiger partial charge in [-0.3, -0.25) is 4.99 Å². The average Bonchev–Trinajstić information content (AvgIpc) is 3.06. The Balaban J connectivity index is 1.64. The summed E-state index contributed by atoms with van der Waals surface area (Å²) in [5, 5.41) is 6.39. The molecule has 2 heterocycles. The molecule has 0 bridgehead atoms. The van der Waals surface area contributed by atoms with Crippen LogP contribution in [0.1, 0.15) is 24.0 Å². The highest BCUT2D eigenvalue weighted by atomic mass is 16.5. The van der Waals surface area contributed by atoms with Gasteiger partial charge in [0.25, 0.3) is 0 Å². The smallest absolute Gasteiger partial charge is 0.197 e. The van der Waals surface area contributed by atoms with Crippen molar-refractivity contribution in [1.29, 1.82) is 0 Å². The monoisotopic (exact) mass is 315 g/mol. The summed E-state index contributed by atoms with van der Waals surface area (Å²) in [6.07, 6.45) is 6.86. The second-order valence-electron chi connectivity index (χ2n) is 6.17. The van der Waals surface area contributed by atoms with Crippen LogP contribution in [0.25, 0.3) is 0 Å². The minimum atomic E-state index is -0.659. The van der Waals surface area contributed by atoms with Crippen LogP contribution < -0.4 is 22.1 Å². The van der Waals surface area contributed by atoms with Crippen molar-refractivity contribution in [2.24, 2.45) is 16.5 Å². The van der Waals surface area contributed by atoms with Crippen LogP contribution in [0, 0.1) is 0 Å². The molecule has 1 saturated heterocycles. The molecule has 0 spiro atoms. The van der Waals surface area contributed by atoms with Crippen LogP contribution in [-0.4, -0.2) is 30.9 Å². The molecule has 0 amide bonds. The molecule has 1 unspecified atom stereocenters. The van der Waals surface area contributed by atoms with Gasteiger partial charge in [-0.05, 0) is 30.0 Å². The fourth-order valence-corrected chi connectivity index (χ4v) is 2.94. The summed E-state index contributed by atoms with van der Waals surface area (Å²) in [5.41, 5.74) is 13.8. The van der Waals surface area contributed by atoms with E-state index in [2.05, 4.69) is 27.8 Å². The van der Waals surface area contributed by atoms with Gasteiger partial charge in [0.05, 0.1) is 12.6 Å². The molecule has 23 heavy (non-hydrogen) atoms. The molecule has 0 aliphatic carbocycles. The maximum Gasteiger partial charge on any atom is 0.197 e. The Labute approximate surface area is 137 Å². The Morgan fingerprint density at radius 2 is 2.22 bits per heavy atom. The molecule has 1 aromatic carbocycles. The van der Waals surface area contributed by atoms with E-state index in [4.69, 9.17) is 16.2 Å². The zero-order valence-electron chi connectivity index (χ0n) is 13.3. The number of hydrogen-bond acceptors (Lipinski definition) is 4. The number of benzene rings is 1. The number of ether oxygens (including phenoxy) is 1. The van der Waals surface area contributed by atoms with E-state index in [9.17, 15) is 0 Å². The average molecular weight is 315 g/mol. The van der Waals surface area contributed by atoms with Crippen LogP contribution in [0.5, 0.6) is 0 Å². The van der Waals surface area contributed by atoms with Crippen LogP contribution >= 0.6 is 0 Å². The summed E-state index contributed by atoms with van der Waals surface area (Å²) in [7, 11) is 0. The van der Waals surface area contributed by atoms with E-state index >= 15 is 0 Å². The molecular formula is C17H25N5O. The normalized spacial score (nSPS) is 28.6. The summed E-state index contributed by atoms with van der Waals surface area (Å²) in [5.74, 6) is 0.695. The molecule has 124 valence electrons. The standard InChI is InChI=1S/C17H25N5O/c18-11-14-4-1-3-13(9-14)10-17(19)6-7-20-16(22-17)21-12-15-5-2-8-23-15/h1,3-4,6-7,9,15H,2,5,8,10-12,18-19H2,(H2,20,21,22)/t15-,17?/m1/s1. The largest absolute Gasteiger partial charge is 0.376 e. The summed E-state index contributed by atoms with van der Waals surface area (Å²) >= 11 is 0. The van der Waals surface area contributed by atoms with Crippen LogP contribution in [0.2, 0.25) is 0 Å². The molecule has 1 aromatic rings. The van der Waals surface area contributed by atoms with Gasteiger partial charge in [0.1, 0.15) is 5.66 Å². The highest BCUT2D eigenvalue weighted by Crippen LogP contribution is 2.15. The molecule has 3 rings (SSSR count). The minimum absolute atomic E-state index is 0.227. The van der Waals surface area contributed by atoms with Crippen molar-refractivity contribution in [2.75, 3.05) is 13.2 Å². The molecule has 2 aliphatic heterocycles. The lowest BCUT2D eigenvalue weighted by Crippen LogP contribution is -2.61. The van der Waals surface area contributed by atoms with Crippen LogP contribution in [0.3, 0.4) is 0 Å².